The van der Waals surface area contributed by atoms with Crippen LogP contribution in [0.3, 0.4) is 0 Å². The minimum absolute atomic E-state index is 0.0795. The number of rotatable bonds is 3. The number of alkyl halides is 1. The van der Waals surface area contributed by atoms with Crippen molar-refractivity contribution in [3.63, 3.8) is 0 Å². The molecule has 1 saturated heterocycles. The van der Waals surface area contributed by atoms with Gasteiger partial charge in [0, 0.05) is 39.1 Å². The highest BCUT2D eigenvalue weighted by Gasteiger charge is 2.22. The quantitative estimate of drug-likeness (QED) is 0.781. The normalized spacial score (nSPS) is 17.5. The van der Waals surface area contributed by atoms with Gasteiger partial charge >= 0.3 is 0 Å². The Kier molecular flexibility index (Phi) is 4.82. The first-order valence-corrected chi connectivity index (χ1v) is 7.23. The van der Waals surface area contributed by atoms with Crippen molar-refractivity contribution in [2.24, 2.45) is 7.05 Å². The van der Waals surface area contributed by atoms with Crippen molar-refractivity contribution < 1.29 is 4.79 Å². The first-order valence-electron chi connectivity index (χ1n) is 6.70. The SMILES string of the molecule is Cc1cc(C(=O)N2CCCN(CCCl)CC2)n(C)n1. The van der Waals surface area contributed by atoms with E-state index in [1.807, 2.05) is 24.9 Å². The highest BCUT2D eigenvalue weighted by Crippen LogP contribution is 2.10. The van der Waals surface area contributed by atoms with Crippen LogP contribution in [0.5, 0.6) is 0 Å². The van der Waals surface area contributed by atoms with Gasteiger partial charge in [0.15, 0.2) is 0 Å². The van der Waals surface area contributed by atoms with Gasteiger partial charge in [0.1, 0.15) is 5.69 Å². The van der Waals surface area contributed by atoms with Gasteiger partial charge in [-0.15, -0.1) is 11.6 Å². The van der Waals surface area contributed by atoms with Crippen molar-refractivity contribution in [1.29, 1.82) is 0 Å². The van der Waals surface area contributed by atoms with Gasteiger partial charge in [0.2, 0.25) is 0 Å². The number of hydrogen-bond acceptors (Lipinski definition) is 3. The zero-order valence-corrected chi connectivity index (χ0v) is 12.4. The number of halogens is 1. The van der Waals surface area contributed by atoms with E-state index in [9.17, 15) is 4.79 Å². The van der Waals surface area contributed by atoms with Crippen LogP contribution in [0, 0.1) is 6.92 Å². The molecule has 1 aliphatic rings. The molecule has 1 aromatic heterocycles. The van der Waals surface area contributed by atoms with Crippen molar-refractivity contribution in [1.82, 2.24) is 19.6 Å². The van der Waals surface area contributed by atoms with Crippen LogP contribution in [0.1, 0.15) is 22.6 Å². The maximum atomic E-state index is 12.5. The minimum atomic E-state index is 0.0795. The Balaban J connectivity index is 2.02. The Morgan fingerprint density at radius 1 is 1.37 bits per heavy atom. The van der Waals surface area contributed by atoms with Gasteiger partial charge in [-0.1, -0.05) is 0 Å². The Morgan fingerprint density at radius 2 is 2.16 bits per heavy atom. The number of carbonyl (C=O) groups is 1. The molecule has 2 heterocycles. The van der Waals surface area contributed by atoms with Gasteiger partial charge in [-0.25, -0.2) is 0 Å². The summed E-state index contributed by atoms with van der Waals surface area (Å²) >= 11 is 5.77. The van der Waals surface area contributed by atoms with Gasteiger partial charge in [-0.2, -0.15) is 5.10 Å². The zero-order valence-electron chi connectivity index (χ0n) is 11.6. The van der Waals surface area contributed by atoms with Crippen LogP contribution in [0.25, 0.3) is 0 Å². The Bertz CT molecular complexity index is 446. The summed E-state index contributed by atoms with van der Waals surface area (Å²) in [6.07, 6.45) is 0.999. The van der Waals surface area contributed by atoms with E-state index >= 15 is 0 Å². The smallest absolute Gasteiger partial charge is 0.272 e. The van der Waals surface area contributed by atoms with Gasteiger partial charge in [-0.05, 0) is 26.0 Å². The highest BCUT2D eigenvalue weighted by atomic mass is 35.5. The van der Waals surface area contributed by atoms with Crippen LogP contribution in [0.15, 0.2) is 6.07 Å². The first kappa shape index (κ1) is 14.3. The number of nitrogens with zero attached hydrogens (tertiary/aromatic N) is 4. The van der Waals surface area contributed by atoms with Crippen LogP contribution in [0.4, 0.5) is 0 Å². The van der Waals surface area contributed by atoms with E-state index in [1.54, 1.807) is 4.68 Å². The summed E-state index contributed by atoms with van der Waals surface area (Å²) in [5.74, 6) is 0.727. The molecule has 0 aliphatic carbocycles. The van der Waals surface area contributed by atoms with Gasteiger partial charge < -0.3 is 9.80 Å². The van der Waals surface area contributed by atoms with Gasteiger partial charge in [0.25, 0.3) is 5.91 Å². The Labute approximate surface area is 119 Å². The molecule has 1 amide bonds. The summed E-state index contributed by atoms with van der Waals surface area (Å²) in [6, 6.07) is 1.85. The number of carbonyl (C=O) groups excluding carboxylic acids is 1. The molecule has 0 atom stereocenters. The fourth-order valence-corrected chi connectivity index (χ4v) is 2.73. The second-order valence-corrected chi connectivity index (χ2v) is 5.35. The molecule has 5 nitrogen and oxygen atoms in total. The molecule has 0 unspecified atom stereocenters. The van der Waals surface area contributed by atoms with E-state index in [4.69, 9.17) is 11.6 Å². The molecule has 0 radical (unpaired) electrons. The molecule has 106 valence electrons. The van der Waals surface area contributed by atoms with Crippen LogP contribution in [-0.4, -0.2) is 64.1 Å². The zero-order chi connectivity index (χ0) is 13.8. The van der Waals surface area contributed by atoms with Crippen molar-refractivity contribution in [2.75, 3.05) is 38.6 Å². The predicted molar refractivity (Wildman–Crippen MR) is 75.6 cm³/mol. The maximum absolute atomic E-state index is 12.5. The van der Waals surface area contributed by atoms with E-state index in [0.717, 1.165) is 44.8 Å². The molecule has 1 aliphatic heterocycles. The molecule has 0 N–H and O–H groups in total. The molecule has 6 heteroatoms. The summed E-state index contributed by atoms with van der Waals surface area (Å²) in [4.78, 5) is 16.7. The standard InChI is InChI=1S/C13H21ClN4O/c1-11-10-12(16(2)15-11)13(19)18-6-3-5-17(7-4-14)8-9-18/h10H,3-9H2,1-2H3. The lowest BCUT2D eigenvalue weighted by atomic mass is 10.3. The van der Waals surface area contributed by atoms with Crippen LogP contribution in [-0.2, 0) is 7.05 Å². The van der Waals surface area contributed by atoms with Crippen molar-refractivity contribution >= 4 is 17.5 Å². The Morgan fingerprint density at radius 3 is 2.79 bits per heavy atom. The average Bonchev–Trinajstić information content (AvgIpc) is 2.59. The third-order valence-electron chi connectivity index (χ3n) is 3.50. The number of aryl methyl sites for hydroxylation is 2. The first-order chi connectivity index (χ1) is 9.11. The minimum Gasteiger partial charge on any atom is -0.336 e. The van der Waals surface area contributed by atoms with E-state index in [-0.39, 0.29) is 5.91 Å². The van der Waals surface area contributed by atoms with E-state index < -0.39 is 0 Å². The van der Waals surface area contributed by atoms with Gasteiger partial charge in [-0.3, -0.25) is 9.48 Å². The predicted octanol–water partition coefficient (Wildman–Crippen LogP) is 1.12. The molecule has 0 saturated carbocycles. The van der Waals surface area contributed by atoms with Crippen molar-refractivity contribution in [3.8, 4) is 0 Å². The van der Waals surface area contributed by atoms with Crippen LogP contribution < -0.4 is 0 Å². The van der Waals surface area contributed by atoms with Crippen molar-refractivity contribution in [2.45, 2.75) is 13.3 Å². The average molecular weight is 285 g/mol. The van der Waals surface area contributed by atoms with Crippen LogP contribution in [0.2, 0.25) is 0 Å². The molecule has 19 heavy (non-hydrogen) atoms. The second-order valence-electron chi connectivity index (χ2n) is 4.97. The molecular formula is C13H21ClN4O. The lowest BCUT2D eigenvalue weighted by Gasteiger charge is -2.21. The lowest BCUT2D eigenvalue weighted by Crippen LogP contribution is -2.36. The fourth-order valence-electron chi connectivity index (χ4n) is 2.49. The molecular weight excluding hydrogens is 264 g/mol. The maximum Gasteiger partial charge on any atom is 0.272 e. The number of amides is 1. The fraction of sp³-hybridized carbons (Fsp3) is 0.692. The number of aromatic nitrogens is 2. The largest absolute Gasteiger partial charge is 0.336 e. The molecule has 0 spiro atoms. The summed E-state index contributed by atoms with van der Waals surface area (Å²) < 4.78 is 1.67. The summed E-state index contributed by atoms with van der Waals surface area (Å²) in [5.41, 5.74) is 1.55. The van der Waals surface area contributed by atoms with E-state index in [0.29, 0.717) is 11.6 Å². The highest BCUT2D eigenvalue weighted by molar-refractivity contribution is 6.18. The molecule has 1 aromatic rings. The summed E-state index contributed by atoms with van der Waals surface area (Å²) in [7, 11) is 1.82. The second kappa shape index (κ2) is 6.39. The summed E-state index contributed by atoms with van der Waals surface area (Å²) in [5, 5.41) is 4.24. The molecule has 2 rings (SSSR count). The number of hydrogen-bond donors (Lipinski definition) is 0. The van der Waals surface area contributed by atoms with E-state index in [2.05, 4.69) is 10.00 Å². The Hall–Kier alpha value is -1.07. The van der Waals surface area contributed by atoms with Gasteiger partial charge in [0.05, 0.1) is 5.69 Å². The monoisotopic (exact) mass is 284 g/mol. The summed E-state index contributed by atoms with van der Waals surface area (Å²) in [6.45, 7) is 6.29. The lowest BCUT2D eigenvalue weighted by molar-refractivity contribution is 0.0751. The topological polar surface area (TPSA) is 41.4 Å². The third kappa shape index (κ3) is 3.48. The molecule has 1 fully saturated rings. The third-order valence-corrected chi connectivity index (χ3v) is 3.67. The molecule has 0 bridgehead atoms. The van der Waals surface area contributed by atoms with Crippen molar-refractivity contribution in [3.05, 3.63) is 17.5 Å². The van der Waals surface area contributed by atoms with E-state index in [1.165, 1.54) is 0 Å². The van der Waals surface area contributed by atoms with Crippen LogP contribution >= 0.6 is 11.6 Å². The molecule has 0 aromatic carbocycles.